The molecule has 0 aromatic heterocycles. The van der Waals surface area contributed by atoms with Gasteiger partial charge in [0, 0.05) is 12.1 Å². The van der Waals surface area contributed by atoms with Crippen LogP contribution in [0.2, 0.25) is 15.1 Å². The van der Waals surface area contributed by atoms with E-state index in [0.29, 0.717) is 20.8 Å². The Morgan fingerprint density at radius 3 is 2.35 bits per heavy atom. The molecule has 20 heavy (non-hydrogen) atoms. The highest BCUT2D eigenvalue weighted by molar-refractivity contribution is 6.42. The van der Waals surface area contributed by atoms with Crippen molar-refractivity contribution < 1.29 is 0 Å². The van der Waals surface area contributed by atoms with E-state index in [9.17, 15) is 0 Å². The molecule has 0 saturated heterocycles. The Bertz CT molecular complexity index is 629. The number of nitrogen functional groups attached to an aromatic ring is 1. The molecule has 0 amide bonds. The highest BCUT2D eigenvalue weighted by atomic mass is 35.5. The molecular weight excluding hydrogens is 315 g/mol. The molecule has 5 heteroatoms. The Morgan fingerprint density at radius 1 is 1.05 bits per heavy atom. The lowest BCUT2D eigenvalue weighted by Gasteiger charge is -2.29. The van der Waals surface area contributed by atoms with Gasteiger partial charge in [-0.1, -0.05) is 46.9 Å². The Labute approximate surface area is 134 Å². The molecule has 0 saturated carbocycles. The molecule has 0 radical (unpaired) electrons. The fraction of sp³-hybridized carbons (Fsp3) is 0.200. The summed E-state index contributed by atoms with van der Waals surface area (Å²) in [6, 6.07) is 11.3. The van der Waals surface area contributed by atoms with Crippen LogP contribution in [-0.4, -0.2) is 7.05 Å². The molecule has 0 aliphatic carbocycles. The van der Waals surface area contributed by atoms with Gasteiger partial charge in [-0.3, -0.25) is 0 Å². The van der Waals surface area contributed by atoms with Crippen molar-refractivity contribution >= 4 is 46.2 Å². The summed E-state index contributed by atoms with van der Waals surface area (Å²) in [6.07, 6.45) is 0. The van der Waals surface area contributed by atoms with Gasteiger partial charge < -0.3 is 10.6 Å². The average Bonchev–Trinajstić information content (AvgIpc) is 2.41. The molecule has 0 aliphatic rings. The van der Waals surface area contributed by atoms with Gasteiger partial charge >= 0.3 is 0 Å². The number of hydrogen-bond donors (Lipinski definition) is 1. The first-order chi connectivity index (χ1) is 9.40. The summed E-state index contributed by atoms with van der Waals surface area (Å²) in [4.78, 5) is 2.04. The standard InChI is InChI=1S/C15H15Cl3N2/c1-9(10-4-3-5-11(16)6-10)20(2)15-8-13(18)12(17)7-14(15)19/h3-9H,19H2,1-2H3. The summed E-state index contributed by atoms with van der Waals surface area (Å²) < 4.78 is 0. The first-order valence-corrected chi connectivity index (χ1v) is 7.26. The number of rotatable bonds is 3. The normalized spacial score (nSPS) is 12.2. The SMILES string of the molecule is CC(c1cccc(Cl)c1)N(C)c1cc(Cl)c(Cl)cc1N. The third kappa shape index (κ3) is 3.14. The van der Waals surface area contributed by atoms with Crippen LogP contribution in [0.25, 0.3) is 0 Å². The Hall–Kier alpha value is -1.09. The maximum atomic E-state index is 6.07. The molecule has 2 aromatic carbocycles. The average molecular weight is 330 g/mol. The van der Waals surface area contributed by atoms with Crippen molar-refractivity contribution in [3.63, 3.8) is 0 Å². The zero-order valence-electron chi connectivity index (χ0n) is 11.2. The van der Waals surface area contributed by atoms with Gasteiger partial charge in [0.1, 0.15) is 0 Å². The highest BCUT2D eigenvalue weighted by Gasteiger charge is 2.16. The van der Waals surface area contributed by atoms with Crippen LogP contribution in [0, 0.1) is 0 Å². The Morgan fingerprint density at radius 2 is 1.70 bits per heavy atom. The number of hydrogen-bond acceptors (Lipinski definition) is 2. The molecule has 0 aliphatic heterocycles. The van der Waals surface area contributed by atoms with Gasteiger partial charge in [0.2, 0.25) is 0 Å². The number of halogens is 3. The van der Waals surface area contributed by atoms with E-state index in [-0.39, 0.29) is 6.04 Å². The fourth-order valence-corrected chi connectivity index (χ4v) is 2.58. The lowest BCUT2D eigenvalue weighted by atomic mass is 10.1. The first-order valence-electron chi connectivity index (χ1n) is 6.13. The fourth-order valence-electron chi connectivity index (χ4n) is 2.06. The third-order valence-corrected chi connectivity index (χ3v) is 4.32. The van der Waals surface area contributed by atoms with Gasteiger partial charge in [-0.15, -0.1) is 0 Å². The van der Waals surface area contributed by atoms with E-state index in [4.69, 9.17) is 40.5 Å². The van der Waals surface area contributed by atoms with Gasteiger partial charge in [-0.2, -0.15) is 0 Å². The zero-order valence-corrected chi connectivity index (χ0v) is 13.5. The second-order valence-corrected chi connectivity index (χ2v) is 5.92. The highest BCUT2D eigenvalue weighted by Crippen LogP contribution is 2.36. The minimum atomic E-state index is 0.105. The van der Waals surface area contributed by atoms with Crippen molar-refractivity contribution in [1.29, 1.82) is 0 Å². The number of nitrogens with two attached hydrogens (primary N) is 1. The Kier molecular flexibility index (Phi) is 4.69. The Balaban J connectivity index is 2.36. The van der Waals surface area contributed by atoms with Crippen molar-refractivity contribution in [3.05, 3.63) is 57.0 Å². The lowest BCUT2D eigenvalue weighted by Crippen LogP contribution is -2.22. The van der Waals surface area contributed by atoms with Crippen LogP contribution in [0.15, 0.2) is 36.4 Å². The third-order valence-electron chi connectivity index (χ3n) is 3.36. The lowest BCUT2D eigenvalue weighted by molar-refractivity contribution is 0.741. The van der Waals surface area contributed by atoms with E-state index in [1.165, 1.54) is 0 Å². The monoisotopic (exact) mass is 328 g/mol. The van der Waals surface area contributed by atoms with E-state index in [1.807, 2.05) is 36.2 Å². The van der Waals surface area contributed by atoms with Crippen LogP contribution in [0.5, 0.6) is 0 Å². The second kappa shape index (κ2) is 6.13. The summed E-state index contributed by atoms with van der Waals surface area (Å²) in [5.41, 5.74) is 8.56. The summed E-state index contributed by atoms with van der Waals surface area (Å²) >= 11 is 18.1. The molecule has 0 heterocycles. The van der Waals surface area contributed by atoms with E-state index >= 15 is 0 Å². The van der Waals surface area contributed by atoms with Crippen molar-refractivity contribution in [2.75, 3.05) is 17.7 Å². The summed E-state index contributed by atoms with van der Waals surface area (Å²) in [6.45, 7) is 2.08. The second-order valence-electron chi connectivity index (χ2n) is 4.67. The molecular formula is C15H15Cl3N2. The molecule has 0 fully saturated rings. The smallest absolute Gasteiger partial charge is 0.0618 e. The molecule has 2 N–H and O–H groups in total. The van der Waals surface area contributed by atoms with E-state index < -0.39 is 0 Å². The first kappa shape index (κ1) is 15.3. The largest absolute Gasteiger partial charge is 0.397 e. The van der Waals surface area contributed by atoms with Crippen LogP contribution < -0.4 is 10.6 Å². The molecule has 106 valence electrons. The molecule has 0 bridgehead atoms. The summed E-state index contributed by atoms with van der Waals surface area (Å²) in [5, 5.41) is 1.66. The van der Waals surface area contributed by atoms with Crippen molar-refractivity contribution in [3.8, 4) is 0 Å². The van der Waals surface area contributed by atoms with E-state index in [0.717, 1.165) is 11.3 Å². The zero-order chi connectivity index (χ0) is 14.9. The van der Waals surface area contributed by atoms with Crippen LogP contribution in [0.1, 0.15) is 18.5 Å². The van der Waals surface area contributed by atoms with Gasteiger partial charge in [-0.25, -0.2) is 0 Å². The van der Waals surface area contributed by atoms with Gasteiger partial charge in [-0.05, 0) is 36.8 Å². The molecule has 0 spiro atoms. The molecule has 1 atom stereocenters. The van der Waals surface area contributed by atoms with Crippen LogP contribution in [-0.2, 0) is 0 Å². The molecule has 2 rings (SSSR count). The predicted octanol–water partition coefficient (Wildman–Crippen LogP) is 5.43. The van der Waals surface area contributed by atoms with Crippen LogP contribution >= 0.6 is 34.8 Å². The van der Waals surface area contributed by atoms with E-state index in [2.05, 4.69) is 6.92 Å². The number of nitrogens with zero attached hydrogens (tertiary/aromatic N) is 1. The maximum absolute atomic E-state index is 6.07. The van der Waals surface area contributed by atoms with Crippen molar-refractivity contribution in [1.82, 2.24) is 0 Å². The predicted molar refractivity (Wildman–Crippen MR) is 89.1 cm³/mol. The minimum absolute atomic E-state index is 0.105. The maximum Gasteiger partial charge on any atom is 0.0618 e. The van der Waals surface area contributed by atoms with Crippen molar-refractivity contribution in [2.24, 2.45) is 0 Å². The number of benzene rings is 2. The molecule has 2 nitrogen and oxygen atoms in total. The van der Waals surface area contributed by atoms with Gasteiger partial charge in [0.15, 0.2) is 0 Å². The molecule has 1 unspecified atom stereocenters. The summed E-state index contributed by atoms with van der Waals surface area (Å²) in [7, 11) is 1.96. The number of anilines is 2. The topological polar surface area (TPSA) is 29.3 Å². The van der Waals surface area contributed by atoms with Gasteiger partial charge in [0.05, 0.1) is 27.5 Å². The minimum Gasteiger partial charge on any atom is -0.397 e. The molecule has 2 aromatic rings. The van der Waals surface area contributed by atoms with Crippen LogP contribution in [0.3, 0.4) is 0 Å². The van der Waals surface area contributed by atoms with E-state index in [1.54, 1.807) is 12.1 Å². The summed E-state index contributed by atoms with van der Waals surface area (Å²) in [5.74, 6) is 0. The van der Waals surface area contributed by atoms with Crippen molar-refractivity contribution in [2.45, 2.75) is 13.0 Å². The quantitative estimate of drug-likeness (QED) is 0.761. The van der Waals surface area contributed by atoms with Crippen LogP contribution in [0.4, 0.5) is 11.4 Å². The van der Waals surface area contributed by atoms with Gasteiger partial charge in [0.25, 0.3) is 0 Å².